The van der Waals surface area contributed by atoms with Gasteiger partial charge in [-0.25, -0.2) is 0 Å². The summed E-state index contributed by atoms with van der Waals surface area (Å²) >= 11 is 5.82. The van der Waals surface area contributed by atoms with Crippen molar-refractivity contribution >= 4 is 23.4 Å². The largest absolute Gasteiger partial charge is 0.460 e. The van der Waals surface area contributed by atoms with Gasteiger partial charge in [0.25, 0.3) is 0 Å². The van der Waals surface area contributed by atoms with E-state index in [1.165, 1.54) is 0 Å². The predicted octanol–water partition coefficient (Wildman–Crippen LogP) is 6.87. The summed E-state index contributed by atoms with van der Waals surface area (Å²) in [5, 5.41) is 0. The van der Waals surface area contributed by atoms with Gasteiger partial charge in [0, 0.05) is 12.3 Å². The van der Waals surface area contributed by atoms with Gasteiger partial charge in [-0.1, -0.05) is 0 Å². The molecule has 0 aromatic heterocycles. The second-order valence-electron chi connectivity index (χ2n) is 5.26. The Hall–Kier alpha value is -0.270. The van der Waals surface area contributed by atoms with Crippen molar-refractivity contribution in [2.75, 3.05) is 17.4 Å². The molecule has 0 aromatic carbocycles. The first-order valence-electron chi connectivity index (χ1n) is 6.90. The lowest BCUT2D eigenvalue weighted by atomic mass is 9.93. The highest BCUT2D eigenvalue weighted by Gasteiger charge is 2.90. The highest BCUT2D eigenvalue weighted by molar-refractivity contribution is 7.99. The van der Waals surface area contributed by atoms with E-state index in [0.717, 1.165) is 0 Å². The van der Waals surface area contributed by atoms with Crippen LogP contribution in [0.2, 0.25) is 0 Å². The van der Waals surface area contributed by atoms with Gasteiger partial charge in [0.2, 0.25) is 0 Å². The Labute approximate surface area is 153 Å². The summed E-state index contributed by atoms with van der Waals surface area (Å²) in [5.41, 5.74) is 0. The van der Waals surface area contributed by atoms with Gasteiger partial charge in [0.15, 0.2) is 0 Å². The fourth-order valence-corrected chi connectivity index (χ4v) is 2.76. The highest BCUT2D eigenvalue weighted by atomic mass is 35.5. The van der Waals surface area contributed by atoms with Gasteiger partial charge in [-0.2, -0.15) is 68.8 Å². The second-order valence-corrected chi connectivity index (χ2v) is 6.86. The van der Waals surface area contributed by atoms with Gasteiger partial charge in [0.05, 0.1) is 0 Å². The van der Waals surface area contributed by atoms with Crippen molar-refractivity contribution in [3.8, 4) is 0 Å². The van der Waals surface area contributed by atoms with Crippen LogP contribution < -0.4 is 0 Å². The summed E-state index contributed by atoms with van der Waals surface area (Å²) in [6.07, 6.45) is -8.82. The first kappa shape index (κ1) is 26.7. The molecule has 0 unspecified atom stereocenters. The topological polar surface area (TPSA) is 0 Å². The molecule has 0 aromatic rings. The lowest BCUT2D eigenvalue weighted by Crippen LogP contribution is -2.70. The Balaban J connectivity index is 5.50. The van der Waals surface area contributed by atoms with Crippen LogP contribution in [0.4, 0.5) is 57.1 Å². The molecule has 0 N–H and O–H groups in total. The number of halogens is 14. The Morgan fingerprint density at radius 1 is 0.556 bits per heavy atom. The van der Waals surface area contributed by atoms with Crippen molar-refractivity contribution in [3.05, 3.63) is 0 Å². The van der Waals surface area contributed by atoms with E-state index in [4.69, 9.17) is 11.6 Å². The Bertz CT molecular complexity index is 474. The van der Waals surface area contributed by atoms with Crippen LogP contribution >= 0.6 is 23.4 Å². The molecule has 0 atom stereocenters. The zero-order valence-corrected chi connectivity index (χ0v) is 14.5. The van der Waals surface area contributed by atoms with E-state index in [2.05, 4.69) is 0 Å². The molecular formula is C12H12ClF13S. The second kappa shape index (κ2) is 8.62. The Morgan fingerprint density at radius 3 is 1.41 bits per heavy atom. The highest BCUT2D eigenvalue weighted by Crippen LogP contribution is 2.60. The fraction of sp³-hybridized carbons (Fsp3) is 1.00. The van der Waals surface area contributed by atoms with E-state index in [1.54, 1.807) is 0 Å². The van der Waals surface area contributed by atoms with Crippen molar-refractivity contribution < 1.29 is 57.1 Å². The minimum absolute atomic E-state index is 0.0626. The lowest BCUT2D eigenvalue weighted by molar-refractivity contribution is -0.439. The molecule has 0 saturated heterocycles. The van der Waals surface area contributed by atoms with Gasteiger partial charge in [-0.05, 0) is 24.3 Å². The van der Waals surface area contributed by atoms with Crippen LogP contribution in [0.3, 0.4) is 0 Å². The van der Waals surface area contributed by atoms with E-state index in [0.29, 0.717) is 24.6 Å². The number of hydrogen-bond acceptors (Lipinski definition) is 1. The van der Waals surface area contributed by atoms with Crippen LogP contribution in [0.25, 0.3) is 0 Å². The summed E-state index contributed by atoms with van der Waals surface area (Å²) in [6.45, 7) is 0. The van der Waals surface area contributed by atoms with Crippen molar-refractivity contribution in [2.45, 2.75) is 55.1 Å². The van der Waals surface area contributed by atoms with Crippen LogP contribution in [0.1, 0.15) is 19.3 Å². The molecule has 0 aliphatic heterocycles. The van der Waals surface area contributed by atoms with Crippen LogP contribution in [0, 0.1) is 0 Å². The molecule has 27 heavy (non-hydrogen) atoms. The fourth-order valence-electron chi connectivity index (χ4n) is 1.56. The third-order valence-corrected chi connectivity index (χ3v) is 4.57. The van der Waals surface area contributed by atoms with Gasteiger partial charge >= 0.3 is 35.8 Å². The van der Waals surface area contributed by atoms with Gasteiger partial charge in [0.1, 0.15) is 0 Å². The van der Waals surface area contributed by atoms with Crippen molar-refractivity contribution in [2.24, 2.45) is 0 Å². The van der Waals surface area contributed by atoms with Crippen molar-refractivity contribution in [3.63, 3.8) is 0 Å². The molecule has 0 nitrogen and oxygen atoms in total. The first-order valence-corrected chi connectivity index (χ1v) is 8.59. The molecule has 15 heteroatoms. The lowest BCUT2D eigenvalue weighted by Gasteiger charge is -2.39. The Kier molecular flexibility index (Phi) is 8.53. The number of hydrogen-bond donors (Lipinski definition) is 0. The average Bonchev–Trinajstić information content (AvgIpc) is 2.48. The molecule has 0 bridgehead atoms. The van der Waals surface area contributed by atoms with Crippen LogP contribution in [0.5, 0.6) is 0 Å². The van der Waals surface area contributed by atoms with Gasteiger partial charge in [-0.3, -0.25) is 0 Å². The third kappa shape index (κ3) is 5.02. The zero-order valence-electron chi connectivity index (χ0n) is 12.9. The average molecular weight is 471 g/mol. The SMILES string of the molecule is FC(F)(F)C(F)(F)C(F)(F)C(F)(F)C(F)(F)C(F)(F)CCSCCCCCl. The predicted molar refractivity (Wildman–Crippen MR) is 72.7 cm³/mol. The summed E-state index contributed by atoms with van der Waals surface area (Å²) in [4.78, 5) is 0. The van der Waals surface area contributed by atoms with E-state index < -0.39 is 48.0 Å². The maximum absolute atomic E-state index is 13.4. The summed E-state index contributed by atoms with van der Waals surface area (Å²) < 4.78 is 167. The monoisotopic (exact) mass is 470 g/mol. The summed E-state index contributed by atoms with van der Waals surface area (Å²) in [7, 11) is 0. The van der Waals surface area contributed by atoms with Gasteiger partial charge in [-0.15, -0.1) is 11.6 Å². The standard InChI is InChI=1S/C12H12ClF13S/c13-4-1-2-5-27-6-3-7(14,15)8(16,17)9(18,19)10(20,21)11(22,23)12(24,25)26/h1-6H2. The van der Waals surface area contributed by atoms with Crippen molar-refractivity contribution in [1.82, 2.24) is 0 Å². The smallest absolute Gasteiger partial charge is 0.200 e. The minimum Gasteiger partial charge on any atom is -0.200 e. The molecule has 0 fully saturated rings. The van der Waals surface area contributed by atoms with Crippen LogP contribution in [-0.2, 0) is 0 Å². The number of thioether (sulfide) groups is 1. The molecule has 0 radical (unpaired) electrons. The third-order valence-electron chi connectivity index (χ3n) is 3.23. The Morgan fingerprint density at radius 2 is 1.00 bits per heavy atom. The van der Waals surface area contributed by atoms with E-state index >= 15 is 0 Å². The molecule has 0 aliphatic rings. The number of rotatable bonds is 11. The van der Waals surface area contributed by atoms with Crippen LogP contribution in [0.15, 0.2) is 0 Å². The van der Waals surface area contributed by atoms with Crippen LogP contribution in [-0.4, -0.2) is 53.2 Å². The van der Waals surface area contributed by atoms with E-state index in [9.17, 15) is 57.1 Å². The molecule has 0 amide bonds. The molecule has 0 saturated carbocycles. The summed E-state index contributed by atoms with van der Waals surface area (Å²) in [5.74, 6) is -37.1. The maximum atomic E-state index is 13.4. The molecular weight excluding hydrogens is 459 g/mol. The maximum Gasteiger partial charge on any atom is 0.460 e. The zero-order chi connectivity index (χ0) is 21.9. The van der Waals surface area contributed by atoms with E-state index in [1.807, 2.05) is 0 Å². The molecule has 0 spiro atoms. The molecule has 0 aliphatic carbocycles. The van der Waals surface area contributed by atoms with E-state index in [-0.39, 0.29) is 11.6 Å². The first-order chi connectivity index (χ1) is 11.8. The van der Waals surface area contributed by atoms with Gasteiger partial charge < -0.3 is 0 Å². The molecule has 0 heterocycles. The number of alkyl halides is 14. The molecule has 164 valence electrons. The molecule has 0 rings (SSSR count). The normalized spacial score (nSPS) is 15.3. The number of unbranched alkanes of at least 4 members (excludes halogenated alkanes) is 1. The quantitative estimate of drug-likeness (QED) is 0.180. The summed E-state index contributed by atoms with van der Waals surface area (Å²) in [6, 6.07) is 0. The minimum atomic E-state index is -7.83. The van der Waals surface area contributed by atoms with Crippen molar-refractivity contribution in [1.29, 1.82) is 0 Å².